The Morgan fingerprint density at radius 2 is 1.40 bits per heavy atom. The highest BCUT2D eigenvalue weighted by molar-refractivity contribution is 7.51. The van der Waals surface area contributed by atoms with Gasteiger partial charge in [0.25, 0.3) is 0 Å². The molecule has 2 aliphatic rings. The van der Waals surface area contributed by atoms with Crippen molar-refractivity contribution >= 4 is 43.6 Å². The normalized spacial score (nSPS) is 30.4. The number of aliphatic hydroxyl groups excluding tert-OH is 2. The molecule has 4 aromatic heterocycles. The van der Waals surface area contributed by atoms with Gasteiger partial charge in [-0.3, -0.25) is 22.7 Å². The molecule has 6 N–H and O–H groups in total. The Morgan fingerprint density at radius 3 is 2.02 bits per heavy atom. The van der Waals surface area contributed by atoms with Gasteiger partial charge in [-0.25, -0.2) is 34.5 Å². The molecule has 0 saturated carbocycles. The first-order valence-electron chi connectivity index (χ1n) is 14.6. The third-order valence-corrected chi connectivity index (χ3v) is 9.28. The number of nitrogen functional groups attached to an aromatic ring is 1. The maximum atomic E-state index is 13.4. The SMILES string of the molecule is Cc1ncnc2c1ncn2[C@@H]1O[C@H](COP(C)(=O)O)[C@@H](O)[C@H]1OP(=O)(O)OC[C@H]1O[C@@H](n2cnc3c(N)ncnc32)[C@H](OC(C)C)[C@@H]1O. The van der Waals surface area contributed by atoms with Gasteiger partial charge in [0.15, 0.2) is 29.6 Å². The van der Waals surface area contributed by atoms with E-state index >= 15 is 0 Å². The number of phosphoric acid groups is 1. The van der Waals surface area contributed by atoms with Crippen molar-refractivity contribution in [3.63, 3.8) is 0 Å². The molecule has 0 bridgehead atoms. The van der Waals surface area contributed by atoms with Gasteiger partial charge < -0.3 is 44.5 Å². The molecule has 262 valence electrons. The van der Waals surface area contributed by atoms with Crippen LogP contribution in [0.4, 0.5) is 5.82 Å². The lowest BCUT2D eigenvalue weighted by Crippen LogP contribution is -2.37. The molecule has 4 aromatic rings. The fourth-order valence-electron chi connectivity index (χ4n) is 5.51. The zero-order valence-electron chi connectivity index (χ0n) is 26.0. The molecule has 0 radical (unpaired) electrons. The number of hydrogen-bond acceptors (Lipinski definition) is 17. The number of nitrogens with two attached hydrogens (primary N) is 1. The molecule has 10 atom stereocenters. The topological polar surface area (TPSA) is 284 Å². The number of anilines is 1. The summed E-state index contributed by atoms with van der Waals surface area (Å²) in [6.07, 6.45) is -5.50. The summed E-state index contributed by atoms with van der Waals surface area (Å²) in [4.78, 5) is 45.4. The summed E-state index contributed by atoms with van der Waals surface area (Å²) in [5.74, 6) is 0.133. The summed E-state index contributed by atoms with van der Waals surface area (Å²) in [6.45, 7) is 4.96. The standard InChI is InChI=1S/C25H35N9O12P2/c1-11(2)43-19-17(35)14(44-24(19)34-10-32-16-21(26)28-8-30-23(16)34)6-42-48(39,40)46-20-18(36)13(5-41-47(4,37)38)45-25(20)33-9-31-15-12(3)27-7-29-22(15)33/h7-11,13-14,17-20,24-25,35-36H,5-6H2,1-4H3,(H,37,38)(H,39,40)(H2,26,28,30)/t13-,14-,17-,18-,19-,20-,24-,25-/m1/s1. The van der Waals surface area contributed by atoms with Crippen LogP contribution in [-0.4, -0.2) is 122 Å². The minimum atomic E-state index is -5.06. The number of aryl methyl sites for hydroxylation is 1. The first kappa shape index (κ1) is 34.8. The van der Waals surface area contributed by atoms with Crippen LogP contribution in [0.3, 0.4) is 0 Å². The molecule has 48 heavy (non-hydrogen) atoms. The second-order valence-electron chi connectivity index (χ2n) is 11.6. The number of nitrogens with zero attached hydrogens (tertiary/aromatic N) is 8. The largest absolute Gasteiger partial charge is 0.472 e. The molecule has 6 heterocycles. The lowest BCUT2D eigenvalue weighted by atomic mass is 10.1. The summed E-state index contributed by atoms with van der Waals surface area (Å²) >= 11 is 0. The summed E-state index contributed by atoms with van der Waals surface area (Å²) in [7, 11) is -9.04. The zero-order chi connectivity index (χ0) is 34.5. The van der Waals surface area contributed by atoms with E-state index in [1.54, 1.807) is 20.8 Å². The minimum Gasteiger partial charge on any atom is -0.387 e. The molecular formula is C25H35N9O12P2. The molecule has 2 fully saturated rings. The quantitative estimate of drug-likeness (QED) is 0.122. The lowest BCUT2D eigenvalue weighted by Gasteiger charge is -2.25. The van der Waals surface area contributed by atoms with Gasteiger partial charge in [-0.1, -0.05) is 0 Å². The van der Waals surface area contributed by atoms with Crippen LogP contribution in [0.5, 0.6) is 0 Å². The van der Waals surface area contributed by atoms with E-state index in [9.17, 15) is 29.1 Å². The minimum absolute atomic E-state index is 0.133. The van der Waals surface area contributed by atoms with Crippen LogP contribution in [0.1, 0.15) is 32.0 Å². The molecular weight excluding hydrogens is 680 g/mol. The van der Waals surface area contributed by atoms with Gasteiger partial charge >= 0.3 is 15.4 Å². The van der Waals surface area contributed by atoms with Gasteiger partial charge in [0.2, 0.25) is 0 Å². The van der Waals surface area contributed by atoms with E-state index < -0.39 is 77.7 Å². The average Bonchev–Trinajstić information content (AvgIpc) is 3.77. The van der Waals surface area contributed by atoms with Gasteiger partial charge in [0.1, 0.15) is 60.3 Å². The Hall–Kier alpha value is -3.04. The van der Waals surface area contributed by atoms with Crippen LogP contribution in [0, 0.1) is 6.92 Å². The second kappa shape index (κ2) is 13.3. The predicted octanol–water partition coefficient (Wildman–Crippen LogP) is 0.201. The fourth-order valence-corrected chi connectivity index (χ4v) is 6.87. The Morgan fingerprint density at radius 1 is 0.854 bits per heavy atom. The van der Waals surface area contributed by atoms with Crippen molar-refractivity contribution in [2.24, 2.45) is 0 Å². The number of imidazole rings is 2. The van der Waals surface area contributed by atoms with Gasteiger partial charge in [-0.15, -0.1) is 0 Å². The molecule has 0 amide bonds. The van der Waals surface area contributed by atoms with Crippen molar-refractivity contribution < 1.29 is 56.9 Å². The number of hydrogen-bond donors (Lipinski definition) is 5. The monoisotopic (exact) mass is 715 g/mol. The van der Waals surface area contributed by atoms with Crippen LogP contribution in [0.15, 0.2) is 25.3 Å². The van der Waals surface area contributed by atoms with Crippen molar-refractivity contribution in [1.29, 1.82) is 0 Å². The number of aromatic nitrogens is 8. The number of ether oxygens (including phenoxy) is 3. The van der Waals surface area contributed by atoms with E-state index in [2.05, 4.69) is 29.9 Å². The van der Waals surface area contributed by atoms with Crippen LogP contribution in [0.2, 0.25) is 0 Å². The number of aliphatic hydroxyl groups is 2. The van der Waals surface area contributed by atoms with Crippen molar-refractivity contribution in [1.82, 2.24) is 39.0 Å². The summed E-state index contributed by atoms with van der Waals surface area (Å²) in [5.41, 5.74) is 7.72. The molecule has 0 aliphatic carbocycles. The van der Waals surface area contributed by atoms with E-state index in [0.29, 0.717) is 22.4 Å². The maximum Gasteiger partial charge on any atom is 0.472 e. The van der Waals surface area contributed by atoms with Crippen molar-refractivity contribution in [2.75, 3.05) is 25.6 Å². The van der Waals surface area contributed by atoms with E-state index in [-0.39, 0.29) is 17.6 Å². The third kappa shape index (κ3) is 7.00. The zero-order valence-corrected chi connectivity index (χ0v) is 27.8. The molecule has 6 rings (SSSR count). The number of fused-ring (bicyclic) bond motifs is 2. The highest BCUT2D eigenvalue weighted by Crippen LogP contribution is 2.50. The smallest absolute Gasteiger partial charge is 0.387 e. The Bertz CT molecular complexity index is 1870. The van der Waals surface area contributed by atoms with E-state index in [4.69, 9.17) is 33.5 Å². The van der Waals surface area contributed by atoms with Crippen LogP contribution in [0.25, 0.3) is 22.3 Å². The second-order valence-corrected chi connectivity index (χ2v) is 14.8. The van der Waals surface area contributed by atoms with Crippen LogP contribution < -0.4 is 5.73 Å². The number of rotatable bonds is 12. The summed E-state index contributed by atoms with van der Waals surface area (Å²) in [6, 6.07) is 0. The van der Waals surface area contributed by atoms with Crippen LogP contribution >= 0.6 is 15.4 Å². The predicted molar refractivity (Wildman–Crippen MR) is 162 cm³/mol. The molecule has 23 heteroatoms. The fraction of sp³-hybridized carbons (Fsp3) is 0.600. The molecule has 2 saturated heterocycles. The van der Waals surface area contributed by atoms with Gasteiger partial charge in [0, 0.05) is 6.66 Å². The Balaban J connectivity index is 1.21. The summed E-state index contributed by atoms with van der Waals surface area (Å²) in [5, 5.41) is 22.3. The Labute approximate surface area is 272 Å². The van der Waals surface area contributed by atoms with E-state index in [1.807, 2.05) is 0 Å². The van der Waals surface area contributed by atoms with Gasteiger partial charge in [-0.05, 0) is 20.8 Å². The van der Waals surface area contributed by atoms with Gasteiger partial charge in [0.05, 0.1) is 37.7 Å². The average molecular weight is 716 g/mol. The first-order valence-corrected chi connectivity index (χ1v) is 18.2. The van der Waals surface area contributed by atoms with Gasteiger partial charge in [-0.2, -0.15) is 0 Å². The van der Waals surface area contributed by atoms with Crippen molar-refractivity contribution in [2.45, 2.75) is 76.0 Å². The highest BCUT2D eigenvalue weighted by atomic mass is 31.2. The third-order valence-electron chi connectivity index (χ3n) is 7.67. The lowest BCUT2D eigenvalue weighted by molar-refractivity contribution is -0.0902. The molecule has 0 spiro atoms. The van der Waals surface area contributed by atoms with E-state index in [0.717, 1.165) is 6.66 Å². The Kier molecular flexibility index (Phi) is 9.68. The molecule has 2 aliphatic heterocycles. The highest BCUT2D eigenvalue weighted by Gasteiger charge is 2.51. The molecule has 21 nitrogen and oxygen atoms in total. The van der Waals surface area contributed by atoms with Crippen molar-refractivity contribution in [3.05, 3.63) is 31.0 Å². The van der Waals surface area contributed by atoms with E-state index in [1.165, 1.54) is 34.4 Å². The molecule has 0 aromatic carbocycles. The van der Waals surface area contributed by atoms with Crippen LogP contribution in [-0.2, 0) is 36.9 Å². The summed E-state index contributed by atoms with van der Waals surface area (Å²) < 4.78 is 61.6. The van der Waals surface area contributed by atoms with Crippen molar-refractivity contribution in [3.8, 4) is 0 Å². The molecule has 2 unspecified atom stereocenters. The number of phosphoric ester groups is 1. The maximum absolute atomic E-state index is 13.4. The first-order chi connectivity index (χ1) is 22.6.